The first-order valence-corrected chi connectivity index (χ1v) is 12.9. The van der Waals surface area contributed by atoms with Crippen molar-refractivity contribution in [1.29, 1.82) is 0 Å². The maximum Gasteiger partial charge on any atom is 0.240 e. The van der Waals surface area contributed by atoms with Crippen molar-refractivity contribution in [3.05, 3.63) is 90.2 Å². The molecule has 1 heterocycles. The first-order chi connectivity index (χ1) is 16.3. The van der Waals surface area contributed by atoms with Crippen molar-refractivity contribution in [2.75, 3.05) is 56.6 Å². The van der Waals surface area contributed by atoms with Crippen molar-refractivity contribution >= 4 is 21.4 Å². The molecule has 34 heavy (non-hydrogen) atoms. The molecule has 3 aromatic rings. The molecule has 1 fully saturated rings. The number of hydrogen-bond donors (Lipinski definition) is 1. The number of benzene rings is 3. The van der Waals surface area contributed by atoms with E-state index in [-0.39, 0.29) is 17.5 Å². The van der Waals surface area contributed by atoms with Gasteiger partial charge in [0.05, 0.1) is 4.90 Å². The Kier molecular flexibility index (Phi) is 7.50. The molecule has 0 bridgehead atoms. The van der Waals surface area contributed by atoms with Crippen LogP contribution in [0.4, 0.5) is 15.8 Å². The second-order valence-corrected chi connectivity index (χ2v) is 10.4. The average Bonchev–Trinajstić information content (AvgIpc) is 2.85. The van der Waals surface area contributed by atoms with Gasteiger partial charge in [0.15, 0.2) is 0 Å². The van der Waals surface area contributed by atoms with Crippen LogP contribution in [0.1, 0.15) is 11.6 Å². The molecule has 1 atom stereocenters. The Morgan fingerprint density at radius 2 is 1.59 bits per heavy atom. The van der Waals surface area contributed by atoms with Crippen molar-refractivity contribution in [2.45, 2.75) is 10.9 Å². The van der Waals surface area contributed by atoms with E-state index < -0.39 is 15.8 Å². The van der Waals surface area contributed by atoms with E-state index in [1.165, 1.54) is 23.9 Å². The zero-order valence-electron chi connectivity index (χ0n) is 19.6. The second-order valence-electron chi connectivity index (χ2n) is 8.67. The largest absolute Gasteiger partial charge is 0.378 e. The van der Waals surface area contributed by atoms with E-state index in [4.69, 9.17) is 0 Å². The summed E-state index contributed by atoms with van der Waals surface area (Å²) in [6.45, 7) is 3.51. The van der Waals surface area contributed by atoms with E-state index in [9.17, 15) is 12.8 Å². The molecule has 8 heteroatoms. The molecule has 3 aromatic carbocycles. The number of nitrogens with one attached hydrogen (secondary N) is 1. The maximum absolute atomic E-state index is 13.6. The summed E-state index contributed by atoms with van der Waals surface area (Å²) in [5.74, 6) is -0.573. The van der Waals surface area contributed by atoms with E-state index in [0.717, 1.165) is 43.5 Å². The lowest BCUT2D eigenvalue weighted by molar-refractivity contribution is 0.187. The summed E-state index contributed by atoms with van der Waals surface area (Å²) in [7, 11) is 0.142. The van der Waals surface area contributed by atoms with Gasteiger partial charge in [-0.2, -0.15) is 0 Å². The third-order valence-corrected chi connectivity index (χ3v) is 7.66. The van der Waals surface area contributed by atoms with Crippen LogP contribution in [-0.4, -0.2) is 60.1 Å². The van der Waals surface area contributed by atoms with Crippen LogP contribution in [0.15, 0.2) is 83.8 Å². The van der Waals surface area contributed by atoms with Gasteiger partial charge in [0.2, 0.25) is 10.0 Å². The topological polar surface area (TPSA) is 55.9 Å². The zero-order valence-corrected chi connectivity index (χ0v) is 20.4. The van der Waals surface area contributed by atoms with Crippen LogP contribution in [0, 0.1) is 5.82 Å². The molecule has 4 rings (SSSR count). The number of piperazine rings is 1. The highest BCUT2D eigenvalue weighted by Crippen LogP contribution is 2.26. The van der Waals surface area contributed by atoms with Crippen LogP contribution in [-0.2, 0) is 10.0 Å². The van der Waals surface area contributed by atoms with Gasteiger partial charge in [-0.3, -0.25) is 4.90 Å². The molecule has 1 aliphatic heterocycles. The lowest BCUT2D eigenvalue weighted by atomic mass is 10.0. The Balaban J connectivity index is 1.52. The van der Waals surface area contributed by atoms with Gasteiger partial charge in [0.1, 0.15) is 5.82 Å². The first-order valence-electron chi connectivity index (χ1n) is 11.4. The molecule has 0 saturated carbocycles. The first kappa shape index (κ1) is 24.2. The lowest BCUT2D eigenvalue weighted by Gasteiger charge is -2.40. The van der Waals surface area contributed by atoms with E-state index >= 15 is 0 Å². The highest BCUT2D eigenvalue weighted by atomic mass is 32.2. The standard InChI is InChI=1S/C26H31FN4O2S/c1-29(2)23-13-11-21(12-14-23)26(20-28-34(32,33)25-10-6-7-22(27)19-25)31-17-15-30(16-18-31)24-8-4-3-5-9-24/h3-14,19,26,28H,15-18,20H2,1-2H3/t26-/m1/s1. The number of nitrogens with zero attached hydrogens (tertiary/aromatic N) is 3. The molecule has 0 spiro atoms. The van der Waals surface area contributed by atoms with Gasteiger partial charge in [-0.15, -0.1) is 0 Å². The van der Waals surface area contributed by atoms with Gasteiger partial charge in [-0.1, -0.05) is 36.4 Å². The fourth-order valence-electron chi connectivity index (χ4n) is 4.29. The van der Waals surface area contributed by atoms with Crippen molar-refractivity contribution in [2.24, 2.45) is 0 Å². The Hall–Kier alpha value is -2.94. The lowest BCUT2D eigenvalue weighted by Crippen LogP contribution is -2.49. The second kappa shape index (κ2) is 10.5. The molecular weight excluding hydrogens is 451 g/mol. The van der Waals surface area contributed by atoms with Crippen molar-refractivity contribution in [3.63, 3.8) is 0 Å². The molecule has 6 nitrogen and oxygen atoms in total. The van der Waals surface area contributed by atoms with Gasteiger partial charge in [0.25, 0.3) is 0 Å². The summed E-state index contributed by atoms with van der Waals surface area (Å²) in [6, 6.07) is 23.5. The predicted octanol–water partition coefficient (Wildman–Crippen LogP) is 3.73. The minimum absolute atomic E-state index is 0.0666. The van der Waals surface area contributed by atoms with Gasteiger partial charge >= 0.3 is 0 Å². The zero-order chi connectivity index (χ0) is 24.1. The fraction of sp³-hybridized carbons (Fsp3) is 0.308. The van der Waals surface area contributed by atoms with E-state index in [0.29, 0.717) is 0 Å². The van der Waals surface area contributed by atoms with E-state index in [1.807, 2.05) is 49.3 Å². The van der Waals surface area contributed by atoms with Crippen LogP contribution in [0.3, 0.4) is 0 Å². The van der Waals surface area contributed by atoms with Crippen molar-refractivity contribution < 1.29 is 12.8 Å². The molecule has 0 unspecified atom stereocenters. The van der Waals surface area contributed by atoms with E-state index in [1.54, 1.807) is 0 Å². The Morgan fingerprint density at radius 1 is 0.912 bits per heavy atom. The summed E-state index contributed by atoms with van der Waals surface area (Å²) in [5.41, 5.74) is 3.32. The molecule has 1 saturated heterocycles. The molecular formula is C26H31FN4O2S. The summed E-state index contributed by atoms with van der Waals surface area (Å²) in [6.07, 6.45) is 0. The molecule has 0 radical (unpaired) electrons. The van der Waals surface area contributed by atoms with Crippen LogP contribution < -0.4 is 14.5 Å². The van der Waals surface area contributed by atoms with Crippen LogP contribution in [0.25, 0.3) is 0 Å². The SMILES string of the molecule is CN(C)c1ccc([C@@H](CNS(=O)(=O)c2cccc(F)c2)N2CCN(c3ccccc3)CC2)cc1. The number of anilines is 2. The highest BCUT2D eigenvalue weighted by molar-refractivity contribution is 7.89. The Labute approximate surface area is 201 Å². The number of halogens is 1. The average molecular weight is 483 g/mol. The van der Waals surface area contributed by atoms with Crippen LogP contribution in [0.2, 0.25) is 0 Å². The normalized spacial score (nSPS) is 15.8. The van der Waals surface area contributed by atoms with Gasteiger partial charge in [0, 0.05) is 64.2 Å². The molecule has 1 N–H and O–H groups in total. The highest BCUT2D eigenvalue weighted by Gasteiger charge is 2.27. The Bertz CT molecular complexity index is 1180. The fourth-order valence-corrected chi connectivity index (χ4v) is 5.36. The Morgan fingerprint density at radius 3 is 2.21 bits per heavy atom. The van der Waals surface area contributed by atoms with Crippen molar-refractivity contribution in [3.8, 4) is 0 Å². The molecule has 0 amide bonds. The molecule has 0 aliphatic carbocycles. The van der Waals surface area contributed by atoms with Crippen molar-refractivity contribution in [1.82, 2.24) is 9.62 Å². The van der Waals surface area contributed by atoms with Crippen LogP contribution >= 0.6 is 0 Å². The summed E-state index contributed by atoms with van der Waals surface area (Å²) in [4.78, 5) is 6.63. The smallest absolute Gasteiger partial charge is 0.240 e. The third-order valence-electron chi connectivity index (χ3n) is 6.24. The van der Waals surface area contributed by atoms with Gasteiger partial charge < -0.3 is 9.80 Å². The molecule has 1 aliphatic rings. The predicted molar refractivity (Wildman–Crippen MR) is 135 cm³/mol. The monoisotopic (exact) mass is 482 g/mol. The third kappa shape index (κ3) is 5.75. The molecule has 180 valence electrons. The minimum Gasteiger partial charge on any atom is -0.378 e. The molecule has 0 aromatic heterocycles. The van der Waals surface area contributed by atoms with Crippen LogP contribution in [0.5, 0.6) is 0 Å². The summed E-state index contributed by atoms with van der Waals surface area (Å²) in [5, 5.41) is 0. The number of para-hydroxylation sites is 1. The summed E-state index contributed by atoms with van der Waals surface area (Å²) >= 11 is 0. The number of hydrogen-bond acceptors (Lipinski definition) is 5. The minimum atomic E-state index is -3.84. The quantitative estimate of drug-likeness (QED) is 0.530. The summed E-state index contributed by atoms with van der Waals surface area (Å²) < 4.78 is 42.1. The van der Waals surface area contributed by atoms with Gasteiger partial charge in [-0.05, 0) is 48.0 Å². The maximum atomic E-state index is 13.6. The number of sulfonamides is 1. The number of rotatable bonds is 8. The van der Waals surface area contributed by atoms with Gasteiger partial charge in [-0.25, -0.2) is 17.5 Å². The van der Waals surface area contributed by atoms with E-state index in [2.05, 4.69) is 38.8 Å².